The van der Waals surface area contributed by atoms with Gasteiger partial charge >= 0.3 is 0 Å². The van der Waals surface area contributed by atoms with Crippen LogP contribution in [0.5, 0.6) is 0 Å². The molecule has 0 saturated carbocycles. The Hall–Kier alpha value is -3.20. The molecule has 0 atom stereocenters. The van der Waals surface area contributed by atoms with Crippen LogP contribution < -0.4 is 16.2 Å². The number of carbonyl (C=O) groups is 1. The number of likely N-dealkylation sites (tertiary alicyclic amines) is 1. The van der Waals surface area contributed by atoms with Crippen molar-refractivity contribution in [2.24, 2.45) is 7.05 Å². The quantitative estimate of drug-likeness (QED) is 0.614. The van der Waals surface area contributed by atoms with Crippen molar-refractivity contribution in [3.05, 3.63) is 46.6 Å². The van der Waals surface area contributed by atoms with E-state index in [1.165, 1.54) is 6.20 Å². The maximum absolute atomic E-state index is 12.7. The van der Waals surface area contributed by atoms with E-state index < -0.39 is 5.54 Å². The van der Waals surface area contributed by atoms with Crippen LogP contribution in [-0.2, 0) is 18.4 Å². The molecule has 2 aliphatic heterocycles. The molecule has 28 heavy (non-hydrogen) atoms. The molecule has 0 bridgehead atoms. The summed E-state index contributed by atoms with van der Waals surface area (Å²) in [5.74, 6) is 0.636. The van der Waals surface area contributed by atoms with Crippen molar-refractivity contribution in [1.82, 2.24) is 24.6 Å². The van der Waals surface area contributed by atoms with Gasteiger partial charge < -0.3 is 15.6 Å². The third-order valence-corrected chi connectivity index (χ3v) is 5.72. The summed E-state index contributed by atoms with van der Waals surface area (Å²) in [7, 11) is 1.77. The smallest absolute Gasteiger partial charge is 0.262 e. The van der Waals surface area contributed by atoms with Gasteiger partial charge in [0.2, 0.25) is 5.91 Å². The predicted molar refractivity (Wildman–Crippen MR) is 105 cm³/mol. The zero-order valence-electron chi connectivity index (χ0n) is 15.5. The second-order valence-electron chi connectivity index (χ2n) is 7.50. The second-order valence-corrected chi connectivity index (χ2v) is 7.50. The summed E-state index contributed by atoms with van der Waals surface area (Å²) in [6.45, 7) is 2.00. The summed E-state index contributed by atoms with van der Waals surface area (Å²) in [6, 6.07) is 7.76. The van der Waals surface area contributed by atoms with Crippen LogP contribution in [0, 0.1) is 0 Å². The lowest BCUT2D eigenvalue weighted by molar-refractivity contribution is -0.122. The summed E-state index contributed by atoms with van der Waals surface area (Å²) < 4.78 is 1.60. The molecule has 1 aromatic carbocycles. The molecule has 0 aliphatic carbocycles. The van der Waals surface area contributed by atoms with Gasteiger partial charge in [0.1, 0.15) is 16.7 Å². The number of para-hydroxylation sites is 2. The van der Waals surface area contributed by atoms with E-state index in [9.17, 15) is 9.59 Å². The van der Waals surface area contributed by atoms with Gasteiger partial charge in [-0.1, -0.05) is 12.1 Å². The van der Waals surface area contributed by atoms with Gasteiger partial charge in [-0.15, -0.1) is 0 Å². The van der Waals surface area contributed by atoms with Crippen molar-refractivity contribution < 1.29 is 4.79 Å². The van der Waals surface area contributed by atoms with E-state index in [0.717, 1.165) is 24.5 Å². The van der Waals surface area contributed by atoms with Crippen molar-refractivity contribution in [3.8, 4) is 0 Å². The number of hydrogen-bond acceptors (Lipinski definition) is 6. The number of carbonyl (C=O) groups excluding carboxylic acids is 1. The summed E-state index contributed by atoms with van der Waals surface area (Å²) >= 11 is 0. The number of nitrogens with one attached hydrogen (secondary N) is 3. The Morgan fingerprint density at radius 3 is 2.68 bits per heavy atom. The van der Waals surface area contributed by atoms with Gasteiger partial charge in [-0.2, -0.15) is 5.10 Å². The molecular weight excluding hydrogens is 358 g/mol. The molecule has 0 radical (unpaired) electrons. The van der Waals surface area contributed by atoms with Crippen LogP contribution in [0.4, 0.5) is 11.4 Å². The minimum Gasteiger partial charge on any atom is -0.369 e. The molecule has 9 heteroatoms. The topological polar surface area (TPSA) is 108 Å². The summed E-state index contributed by atoms with van der Waals surface area (Å²) in [5, 5.41) is 11.1. The van der Waals surface area contributed by atoms with Crippen LogP contribution in [0.25, 0.3) is 11.0 Å². The zero-order valence-corrected chi connectivity index (χ0v) is 15.5. The Kier molecular flexibility index (Phi) is 3.73. The van der Waals surface area contributed by atoms with E-state index in [1.807, 2.05) is 24.3 Å². The Bertz CT molecular complexity index is 1120. The number of piperidine rings is 1. The summed E-state index contributed by atoms with van der Waals surface area (Å²) in [5.41, 5.74) is 1.61. The maximum Gasteiger partial charge on any atom is 0.262 e. The number of nitrogens with zero attached hydrogens (tertiary/aromatic N) is 4. The third kappa shape index (κ3) is 2.66. The van der Waals surface area contributed by atoms with Gasteiger partial charge in [0.05, 0.1) is 24.1 Å². The molecule has 0 unspecified atom stereocenters. The number of anilines is 2. The molecule has 9 nitrogen and oxygen atoms in total. The number of aromatic amines is 1. The van der Waals surface area contributed by atoms with Crippen LogP contribution in [0.3, 0.4) is 0 Å². The number of amides is 1. The lowest BCUT2D eigenvalue weighted by Crippen LogP contribution is -2.58. The number of aryl methyl sites for hydroxylation is 1. The summed E-state index contributed by atoms with van der Waals surface area (Å²) in [6.07, 6.45) is 2.90. The predicted octanol–water partition coefficient (Wildman–Crippen LogP) is 1.06. The average molecular weight is 379 g/mol. The molecule has 1 spiro atoms. The maximum atomic E-state index is 12.7. The fraction of sp³-hybridized carbons (Fsp3) is 0.368. The highest BCUT2D eigenvalue weighted by Crippen LogP contribution is 2.36. The highest BCUT2D eigenvalue weighted by atomic mass is 16.2. The lowest BCUT2D eigenvalue weighted by Gasteiger charge is -2.44. The van der Waals surface area contributed by atoms with Gasteiger partial charge in [-0.3, -0.25) is 19.2 Å². The molecule has 144 valence electrons. The van der Waals surface area contributed by atoms with Crippen molar-refractivity contribution >= 4 is 28.3 Å². The number of hydrogen-bond donors (Lipinski definition) is 3. The molecular formula is C19H21N7O2. The van der Waals surface area contributed by atoms with Crippen LogP contribution in [-0.4, -0.2) is 49.2 Å². The van der Waals surface area contributed by atoms with Crippen LogP contribution >= 0.6 is 0 Å². The fourth-order valence-corrected chi connectivity index (χ4v) is 4.07. The van der Waals surface area contributed by atoms with Crippen LogP contribution in [0.2, 0.25) is 0 Å². The fourth-order valence-electron chi connectivity index (χ4n) is 4.07. The van der Waals surface area contributed by atoms with Gasteiger partial charge in [0.25, 0.3) is 5.56 Å². The van der Waals surface area contributed by atoms with E-state index >= 15 is 0 Å². The standard InChI is InChI=1S/C19H21N7O2/c1-25-16-12(10-20-25)17(27)23-15(22-16)11-26-8-6-19(7-9-26)18(28)21-13-4-2-3-5-14(13)24-19/h2-5,10,24H,6-9,11H2,1H3,(H,21,28)(H,22,23,27). The summed E-state index contributed by atoms with van der Waals surface area (Å²) in [4.78, 5) is 34.6. The third-order valence-electron chi connectivity index (χ3n) is 5.72. The normalized spacial score (nSPS) is 18.7. The lowest BCUT2D eigenvalue weighted by atomic mass is 9.84. The number of benzene rings is 1. The molecule has 4 heterocycles. The monoisotopic (exact) mass is 379 g/mol. The Morgan fingerprint density at radius 1 is 1.14 bits per heavy atom. The first-order valence-electron chi connectivity index (χ1n) is 9.36. The highest BCUT2D eigenvalue weighted by Gasteiger charge is 2.44. The first-order chi connectivity index (χ1) is 13.5. The molecule has 3 aromatic rings. The molecule has 1 saturated heterocycles. The Balaban J connectivity index is 1.32. The van der Waals surface area contributed by atoms with Crippen molar-refractivity contribution in [1.29, 1.82) is 0 Å². The SMILES string of the molecule is Cn1ncc2c(=O)[nH]c(CN3CCC4(CC3)Nc3ccccc3NC4=O)nc21. The Labute approximate surface area is 160 Å². The van der Waals surface area contributed by atoms with E-state index in [2.05, 4.69) is 30.6 Å². The number of rotatable bonds is 2. The zero-order chi connectivity index (χ0) is 19.3. The van der Waals surface area contributed by atoms with E-state index in [1.54, 1.807) is 11.7 Å². The van der Waals surface area contributed by atoms with E-state index in [-0.39, 0.29) is 11.5 Å². The molecule has 2 aliphatic rings. The molecule has 3 N–H and O–H groups in total. The number of fused-ring (bicyclic) bond motifs is 2. The first kappa shape index (κ1) is 16.9. The van der Waals surface area contributed by atoms with Crippen molar-refractivity contribution in [3.63, 3.8) is 0 Å². The van der Waals surface area contributed by atoms with Gasteiger partial charge in [-0.25, -0.2) is 4.98 Å². The molecule has 2 aromatic heterocycles. The minimum atomic E-state index is -0.586. The van der Waals surface area contributed by atoms with E-state index in [4.69, 9.17) is 0 Å². The molecule has 1 amide bonds. The Morgan fingerprint density at radius 2 is 1.89 bits per heavy atom. The first-order valence-corrected chi connectivity index (χ1v) is 9.36. The number of H-pyrrole nitrogens is 1. The number of aromatic nitrogens is 4. The average Bonchev–Trinajstić information content (AvgIpc) is 3.06. The highest BCUT2D eigenvalue weighted by molar-refractivity contribution is 6.06. The second kappa shape index (κ2) is 6.16. The van der Waals surface area contributed by atoms with Crippen LogP contribution in [0.1, 0.15) is 18.7 Å². The van der Waals surface area contributed by atoms with Crippen molar-refractivity contribution in [2.45, 2.75) is 24.9 Å². The van der Waals surface area contributed by atoms with Crippen LogP contribution in [0.15, 0.2) is 35.3 Å². The van der Waals surface area contributed by atoms with Gasteiger partial charge in [-0.05, 0) is 25.0 Å². The van der Waals surface area contributed by atoms with E-state index in [0.29, 0.717) is 36.2 Å². The minimum absolute atomic E-state index is 0.0219. The largest absolute Gasteiger partial charge is 0.369 e. The van der Waals surface area contributed by atoms with Gasteiger partial charge in [0.15, 0.2) is 5.65 Å². The molecule has 5 rings (SSSR count). The van der Waals surface area contributed by atoms with Crippen molar-refractivity contribution in [2.75, 3.05) is 23.7 Å². The molecule has 1 fully saturated rings. The van der Waals surface area contributed by atoms with Gasteiger partial charge in [0, 0.05) is 20.1 Å².